The van der Waals surface area contributed by atoms with E-state index in [0.717, 1.165) is 15.6 Å². The number of fused-ring (bicyclic) bond motifs is 1. The highest BCUT2D eigenvalue weighted by molar-refractivity contribution is 9.10. The molecule has 0 aliphatic rings. The Balaban J connectivity index is 1.55. The molecule has 0 N–H and O–H groups in total. The summed E-state index contributed by atoms with van der Waals surface area (Å²) in [6, 6.07) is 18.9. The first-order valence-corrected chi connectivity index (χ1v) is 12.9. The maximum atomic E-state index is 13.1. The summed E-state index contributed by atoms with van der Waals surface area (Å²) in [6.07, 6.45) is 0. The maximum absolute atomic E-state index is 13.1. The smallest absolute Gasteiger partial charge is 0.297 e. The van der Waals surface area contributed by atoms with Crippen molar-refractivity contribution in [3.05, 3.63) is 92.7 Å². The molecular formula is C25H23BrN2O6S. The molecular weight excluding hydrogens is 536 g/mol. The summed E-state index contributed by atoms with van der Waals surface area (Å²) in [6.45, 7) is 1.80. The topological polar surface area (TPSA) is 96.7 Å². The summed E-state index contributed by atoms with van der Waals surface area (Å²) >= 11 is 3.41. The quantitative estimate of drug-likeness (QED) is 0.223. The highest BCUT2D eigenvalue weighted by Gasteiger charge is 2.16. The van der Waals surface area contributed by atoms with E-state index < -0.39 is 10.1 Å². The van der Waals surface area contributed by atoms with Crippen LogP contribution in [0.25, 0.3) is 10.8 Å². The van der Waals surface area contributed by atoms with E-state index in [2.05, 4.69) is 21.0 Å². The molecule has 0 aliphatic carbocycles. The highest BCUT2D eigenvalue weighted by atomic mass is 79.9. The van der Waals surface area contributed by atoms with Gasteiger partial charge in [0.05, 0.1) is 29.3 Å². The Labute approximate surface area is 211 Å². The van der Waals surface area contributed by atoms with Crippen molar-refractivity contribution in [2.75, 3.05) is 20.3 Å². The van der Waals surface area contributed by atoms with Crippen molar-refractivity contribution in [1.82, 2.24) is 9.78 Å². The largest absolute Gasteiger partial charge is 0.497 e. The highest BCUT2D eigenvalue weighted by Crippen LogP contribution is 2.25. The molecule has 35 heavy (non-hydrogen) atoms. The average Bonchev–Trinajstić information content (AvgIpc) is 2.85. The molecule has 3 aromatic carbocycles. The molecule has 0 bridgehead atoms. The van der Waals surface area contributed by atoms with Crippen molar-refractivity contribution in [1.29, 1.82) is 0 Å². The molecule has 0 spiro atoms. The monoisotopic (exact) mass is 558 g/mol. The molecule has 4 aromatic rings. The van der Waals surface area contributed by atoms with Crippen LogP contribution >= 0.6 is 15.9 Å². The Morgan fingerprint density at radius 3 is 2.34 bits per heavy atom. The SMILES string of the molecule is COc1ccc(Cn2nc(OCCOS(=O)(=O)c3ccc(C)cc3)c3cc(Br)ccc3c2=O)cc1. The van der Waals surface area contributed by atoms with Crippen LogP contribution < -0.4 is 15.0 Å². The van der Waals surface area contributed by atoms with Crippen molar-refractivity contribution >= 4 is 36.8 Å². The number of aromatic nitrogens is 2. The average molecular weight is 559 g/mol. The van der Waals surface area contributed by atoms with Crippen molar-refractivity contribution in [2.45, 2.75) is 18.4 Å². The summed E-state index contributed by atoms with van der Waals surface area (Å²) < 4.78 is 43.0. The predicted octanol–water partition coefficient (Wildman–Crippen LogP) is 4.31. The Hall–Kier alpha value is -3.21. The van der Waals surface area contributed by atoms with Gasteiger partial charge < -0.3 is 9.47 Å². The fourth-order valence-electron chi connectivity index (χ4n) is 3.40. The second-order valence-corrected chi connectivity index (χ2v) is 10.3. The third-order valence-corrected chi connectivity index (χ3v) is 7.07. The summed E-state index contributed by atoms with van der Waals surface area (Å²) in [7, 11) is -2.33. The first kappa shape index (κ1) is 24.9. The number of ether oxygens (including phenoxy) is 2. The van der Waals surface area contributed by atoms with E-state index in [4.69, 9.17) is 13.7 Å². The van der Waals surface area contributed by atoms with Gasteiger partial charge in [0, 0.05) is 4.47 Å². The van der Waals surface area contributed by atoms with Crippen LogP contribution in [-0.2, 0) is 20.8 Å². The number of hydrogen-bond donors (Lipinski definition) is 0. The molecule has 0 radical (unpaired) electrons. The molecule has 1 heterocycles. The second-order valence-electron chi connectivity index (χ2n) is 7.74. The van der Waals surface area contributed by atoms with Gasteiger partial charge in [-0.1, -0.05) is 45.8 Å². The number of aryl methyl sites for hydroxylation is 1. The van der Waals surface area contributed by atoms with E-state index in [1.807, 2.05) is 31.2 Å². The maximum Gasteiger partial charge on any atom is 0.297 e. The number of nitrogens with zero attached hydrogens (tertiary/aromatic N) is 2. The van der Waals surface area contributed by atoms with Crippen LogP contribution in [0.15, 0.2) is 80.9 Å². The Kier molecular flexibility index (Phi) is 7.54. The molecule has 1 aromatic heterocycles. The fourth-order valence-corrected chi connectivity index (χ4v) is 4.65. The molecule has 0 atom stereocenters. The molecule has 0 aliphatic heterocycles. The second kappa shape index (κ2) is 10.6. The van der Waals surface area contributed by atoms with Crippen molar-refractivity contribution in [3.63, 3.8) is 0 Å². The molecule has 0 unspecified atom stereocenters. The van der Waals surface area contributed by atoms with Crippen molar-refractivity contribution < 1.29 is 22.1 Å². The molecule has 4 rings (SSSR count). The molecule has 0 saturated heterocycles. The third kappa shape index (κ3) is 5.90. The van der Waals surface area contributed by atoms with Gasteiger partial charge in [0.15, 0.2) is 0 Å². The molecule has 0 amide bonds. The molecule has 0 fully saturated rings. The zero-order chi connectivity index (χ0) is 25.0. The summed E-state index contributed by atoms with van der Waals surface area (Å²) in [5.74, 6) is 0.910. The zero-order valence-corrected chi connectivity index (χ0v) is 21.5. The molecule has 8 nitrogen and oxygen atoms in total. The summed E-state index contributed by atoms with van der Waals surface area (Å²) in [4.78, 5) is 13.1. The van der Waals surface area contributed by atoms with Gasteiger partial charge in [-0.25, -0.2) is 4.68 Å². The lowest BCUT2D eigenvalue weighted by Gasteiger charge is -2.13. The summed E-state index contributed by atoms with van der Waals surface area (Å²) in [5, 5.41) is 5.35. The minimum atomic E-state index is -3.92. The van der Waals surface area contributed by atoms with Crippen LogP contribution in [0.2, 0.25) is 0 Å². The lowest BCUT2D eigenvalue weighted by Crippen LogP contribution is -2.25. The van der Waals surface area contributed by atoms with E-state index in [0.29, 0.717) is 16.5 Å². The van der Waals surface area contributed by atoms with Gasteiger partial charge in [0.25, 0.3) is 15.7 Å². The normalized spacial score (nSPS) is 11.5. The van der Waals surface area contributed by atoms with Gasteiger partial charge in [-0.05, 0) is 55.0 Å². The molecule has 10 heteroatoms. The number of halogens is 1. The lowest BCUT2D eigenvalue weighted by atomic mass is 10.2. The molecule has 182 valence electrons. The van der Waals surface area contributed by atoms with E-state index in [1.165, 1.54) is 16.8 Å². The Bertz CT molecular complexity index is 1500. The van der Waals surface area contributed by atoms with Gasteiger partial charge in [-0.15, -0.1) is 5.10 Å². The first-order valence-electron chi connectivity index (χ1n) is 10.7. The molecule has 0 saturated carbocycles. The van der Waals surface area contributed by atoms with E-state index in [-0.39, 0.29) is 36.1 Å². The van der Waals surface area contributed by atoms with Crippen LogP contribution in [0.1, 0.15) is 11.1 Å². The van der Waals surface area contributed by atoms with Crippen molar-refractivity contribution in [3.8, 4) is 11.6 Å². The Morgan fingerprint density at radius 2 is 1.66 bits per heavy atom. The zero-order valence-electron chi connectivity index (χ0n) is 19.1. The Morgan fingerprint density at radius 1 is 0.943 bits per heavy atom. The minimum absolute atomic E-state index is 0.0728. The fraction of sp³-hybridized carbons (Fsp3) is 0.200. The number of hydrogen-bond acceptors (Lipinski definition) is 7. The van der Waals surface area contributed by atoms with E-state index >= 15 is 0 Å². The van der Waals surface area contributed by atoms with Crippen LogP contribution in [0.3, 0.4) is 0 Å². The van der Waals surface area contributed by atoms with E-state index in [9.17, 15) is 13.2 Å². The van der Waals surface area contributed by atoms with Crippen LogP contribution in [-0.4, -0.2) is 38.5 Å². The van der Waals surface area contributed by atoms with Gasteiger partial charge in [0.1, 0.15) is 19.0 Å². The van der Waals surface area contributed by atoms with Crippen LogP contribution in [0.5, 0.6) is 11.6 Å². The third-order valence-electron chi connectivity index (χ3n) is 5.25. The van der Waals surface area contributed by atoms with Crippen LogP contribution in [0.4, 0.5) is 0 Å². The van der Waals surface area contributed by atoms with Gasteiger partial charge in [-0.2, -0.15) is 8.42 Å². The number of methoxy groups -OCH3 is 1. The predicted molar refractivity (Wildman–Crippen MR) is 136 cm³/mol. The first-order chi connectivity index (χ1) is 16.8. The van der Waals surface area contributed by atoms with E-state index in [1.54, 1.807) is 37.4 Å². The minimum Gasteiger partial charge on any atom is -0.497 e. The summed E-state index contributed by atoms with van der Waals surface area (Å²) in [5.41, 5.74) is 1.53. The van der Waals surface area contributed by atoms with Crippen molar-refractivity contribution in [2.24, 2.45) is 0 Å². The standard InChI is InChI=1S/C25H23BrN2O6S/c1-17-3-10-21(11-4-17)35(30,31)34-14-13-33-24-23-15-19(26)7-12-22(23)25(29)28(27-24)16-18-5-8-20(32-2)9-6-18/h3-12,15H,13-14,16H2,1-2H3. The van der Waals surface area contributed by atoms with Gasteiger partial charge in [-0.3, -0.25) is 8.98 Å². The lowest BCUT2D eigenvalue weighted by molar-refractivity contribution is 0.214. The van der Waals surface area contributed by atoms with Gasteiger partial charge >= 0.3 is 0 Å². The van der Waals surface area contributed by atoms with Crippen LogP contribution in [0, 0.1) is 6.92 Å². The number of rotatable bonds is 9. The number of benzene rings is 3. The van der Waals surface area contributed by atoms with Gasteiger partial charge in [0.2, 0.25) is 5.88 Å².